The van der Waals surface area contributed by atoms with Crippen molar-refractivity contribution in [2.24, 2.45) is 5.73 Å². The highest BCUT2D eigenvalue weighted by atomic mass is 19.2. The molecule has 0 aromatic heterocycles. The number of hydrogen-bond donors (Lipinski definition) is 3. The van der Waals surface area contributed by atoms with Gasteiger partial charge in [-0.15, -0.1) is 0 Å². The molecule has 0 spiro atoms. The van der Waals surface area contributed by atoms with E-state index >= 15 is 0 Å². The van der Waals surface area contributed by atoms with E-state index in [1.807, 2.05) is 0 Å². The van der Waals surface area contributed by atoms with Crippen LogP contribution in [0.3, 0.4) is 0 Å². The lowest BCUT2D eigenvalue weighted by Gasteiger charge is -2.20. The Labute approximate surface area is 79.8 Å². The number of halogens is 2. The van der Waals surface area contributed by atoms with Crippen molar-refractivity contribution in [2.75, 3.05) is 0 Å². The van der Waals surface area contributed by atoms with Crippen LogP contribution in [0.5, 0.6) is 5.75 Å². The monoisotopic (exact) mass is 203 g/mol. The van der Waals surface area contributed by atoms with E-state index in [0.29, 0.717) is 0 Å². The smallest absolute Gasteiger partial charge is 0.255 e. The lowest BCUT2D eigenvalue weighted by atomic mass is 10.0. The Morgan fingerprint density at radius 3 is 2.50 bits per heavy atom. The number of aliphatic hydroxyl groups is 1. The third-order valence-corrected chi connectivity index (χ3v) is 1.85. The summed E-state index contributed by atoms with van der Waals surface area (Å²) >= 11 is 0. The molecule has 0 saturated heterocycles. The number of rotatable bonds is 3. The summed E-state index contributed by atoms with van der Waals surface area (Å²) in [5, 5.41) is 18.1. The Kier molecular flexibility index (Phi) is 3.03. The molecule has 1 aromatic rings. The number of para-hydroxylation sites is 1. The quantitative estimate of drug-likeness (QED) is 0.638. The predicted molar refractivity (Wildman–Crippen MR) is 47.0 cm³/mol. The number of benzene rings is 1. The highest BCUT2D eigenvalue weighted by molar-refractivity contribution is 5.32. The summed E-state index contributed by atoms with van der Waals surface area (Å²) in [4.78, 5) is 0. The van der Waals surface area contributed by atoms with Crippen molar-refractivity contribution < 1.29 is 19.0 Å². The lowest BCUT2D eigenvalue weighted by Crippen LogP contribution is -2.42. The zero-order chi connectivity index (χ0) is 10.8. The summed E-state index contributed by atoms with van der Waals surface area (Å²) in [5.41, 5.74) is 4.70. The summed E-state index contributed by atoms with van der Waals surface area (Å²) in [5.74, 6) is -3.36. The van der Waals surface area contributed by atoms with Gasteiger partial charge >= 0.3 is 0 Å². The molecule has 0 aliphatic rings. The summed E-state index contributed by atoms with van der Waals surface area (Å²) in [6.07, 6.45) is -3.18. The van der Waals surface area contributed by atoms with Gasteiger partial charge in [0.05, 0.1) is 0 Å². The second-order valence-electron chi connectivity index (χ2n) is 3.03. The van der Waals surface area contributed by atoms with Crippen LogP contribution in [-0.2, 0) is 6.42 Å². The minimum atomic E-state index is -3.15. The third kappa shape index (κ3) is 2.40. The number of phenols is 1. The van der Waals surface area contributed by atoms with Gasteiger partial charge in [0.1, 0.15) is 5.75 Å². The Hall–Kier alpha value is -1.20. The van der Waals surface area contributed by atoms with E-state index in [4.69, 9.17) is 5.11 Å². The van der Waals surface area contributed by atoms with Gasteiger partial charge in [-0.1, -0.05) is 18.2 Å². The molecule has 0 aliphatic carbocycles. The molecule has 4 N–H and O–H groups in total. The molecule has 0 radical (unpaired) electrons. The van der Waals surface area contributed by atoms with Crippen molar-refractivity contribution >= 4 is 0 Å². The first kappa shape index (κ1) is 10.9. The molecular formula is C9H11F2NO2. The standard InChI is InChI=1S/C9H11F2NO2/c10-8(12)9(11,14)5-6-3-1-2-4-7(6)13/h1-4,8,13-14H,5,12H2. The average molecular weight is 203 g/mol. The van der Waals surface area contributed by atoms with E-state index in [2.05, 4.69) is 5.73 Å². The van der Waals surface area contributed by atoms with Gasteiger partial charge in [0.25, 0.3) is 5.85 Å². The van der Waals surface area contributed by atoms with Crippen LogP contribution in [0.4, 0.5) is 8.78 Å². The fraction of sp³-hybridized carbons (Fsp3) is 0.333. The van der Waals surface area contributed by atoms with Crippen molar-refractivity contribution in [2.45, 2.75) is 18.6 Å². The van der Waals surface area contributed by atoms with E-state index in [9.17, 15) is 13.9 Å². The molecule has 78 valence electrons. The SMILES string of the molecule is NC(F)C(O)(F)Cc1ccccc1O. The topological polar surface area (TPSA) is 66.5 Å². The zero-order valence-electron chi connectivity index (χ0n) is 7.32. The second-order valence-corrected chi connectivity index (χ2v) is 3.03. The molecule has 3 nitrogen and oxygen atoms in total. The van der Waals surface area contributed by atoms with Gasteiger partial charge in [-0.25, -0.2) is 8.78 Å². The molecule has 1 aromatic carbocycles. The third-order valence-electron chi connectivity index (χ3n) is 1.85. The van der Waals surface area contributed by atoms with Gasteiger partial charge in [-0.3, -0.25) is 5.73 Å². The van der Waals surface area contributed by atoms with Crippen LogP contribution in [0.25, 0.3) is 0 Å². The molecule has 1 rings (SSSR count). The molecular weight excluding hydrogens is 192 g/mol. The zero-order valence-corrected chi connectivity index (χ0v) is 7.32. The lowest BCUT2D eigenvalue weighted by molar-refractivity contribution is -0.140. The van der Waals surface area contributed by atoms with Crippen molar-refractivity contribution in [1.82, 2.24) is 0 Å². The average Bonchev–Trinajstić information content (AvgIpc) is 2.08. The van der Waals surface area contributed by atoms with Gasteiger partial charge in [0, 0.05) is 6.42 Å². The fourth-order valence-corrected chi connectivity index (χ4v) is 1.02. The number of nitrogens with two attached hydrogens (primary N) is 1. The Bertz CT molecular complexity index is 315. The summed E-state index contributed by atoms with van der Waals surface area (Å²) in [6.45, 7) is 0. The summed E-state index contributed by atoms with van der Waals surface area (Å²) < 4.78 is 25.4. The van der Waals surface area contributed by atoms with Crippen LogP contribution in [0.15, 0.2) is 24.3 Å². The maximum Gasteiger partial charge on any atom is 0.255 e. The Balaban J connectivity index is 2.84. The van der Waals surface area contributed by atoms with Gasteiger partial charge in [-0.05, 0) is 11.6 Å². The molecule has 0 saturated carbocycles. The van der Waals surface area contributed by atoms with E-state index < -0.39 is 18.6 Å². The maximum atomic E-state index is 13.0. The molecule has 0 amide bonds. The van der Waals surface area contributed by atoms with Gasteiger partial charge in [0.15, 0.2) is 0 Å². The highest BCUT2D eigenvalue weighted by Gasteiger charge is 2.35. The van der Waals surface area contributed by atoms with Crippen LogP contribution < -0.4 is 5.73 Å². The molecule has 2 unspecified atom stereocenters. The van der Waals surface area contributed by atoms with E-state index in [1.165, 1.54) is 24.3 Å². The van der Waals surface area contributed by atoms with Crippen LogP contribution >= 0.6 is 0 Å². The van der Waals surface area contributed by atoms with Crippen molar-refractivity contribution in [3.63, 3.8) is 0 Å². The number of phenolic OH excluding ortho intramolecular Hbond substituents is 1. The Morgan fingerprint density at radius 1 is 1.43 bits per heavy atom. The van der Waals surface area contributed by atoms with E-state index in [-0.39, 0.29) is 11.3 Å². The molecule has 5 heteroatoms. The first-order valence-electron chi connectivity index (χ1n) is 4.01. The minimum absolute atomic E-state index is 0.102. The van der Waals surface area contributed by atoms with Crippen LogP contribution in [0, 0.1) is 0 Å². The van der Waals surface area contributed by atoms with E-state index in [0.717, 1.165) is 0 Å². The molecule has 0 aliphatic heterocycles. The van der Waals surface area contributed by atoms with Crippen molar-refractivity contribution in [1.29, 1.82) is 0 Å². The summed E-state index contributed by atoms with van der Waals surface area (Å²) in [7, 11) is 0. The minimum Gasteiger partial charge on any atom is -0.508 e. The predicted octanol–water partition coefficient (Wildman–Crippen LogP) is 0.847. The molecule has 2 atom stereocenters. The van der Waals surface area contributed by atoms with Gasteiger partial charge in [0.2, 0.25) is 6.30 Å². The first-order chi connectivity index (χ1) is 6.43. The van der Waals surface area contributed by atoms with Crippen molar-refractivity contribution in [3.8, 4) is 5.75 Å². The first-order valence-corrected chi connectivity index (χ1v) is 4.01. The summed E-state index contributed by atoms with van der Waals surface area (Å²) in [6, 6.07) is 5.76. The number of alkyl halides is 2. The number of aromatic hydroxyl groups is 1. The van der Waals surface area contributed by atoms with Crippen LogP contribution in [-0.4, -0.2) is 22.4 Å². The Morgan fingerprint density at radius 2 is 2.00 bits per heavy atom. The maximum absolute atomic E-state index is 13.0. The van der Waals surface area contributed by atoms with Gasteiger partial charge < -0.3 is 10.2 Å². The highest BCUT2D eigenvalue weighted by Crippen LogP contribution is 2.24. The largest absolute Gasteiger partial charge is 0.508 e. The van der Waals surface area contributed by atoms with Gasteiger partial charge in [-0.2, -0.15) is 0 Å². The van der Waals surface area contributed by atoms with Crippen LogP contribution in [0.1, 0.15) is 5.56 Å². The normalized spacial score (nSPS) is 17.4. The molecule has 0 bridgehead atoms. The van der Waals surface area contributed by atoms with Crippen molar-refractivity contribution in [3.05, 3.63) is 29.8 Å². The van der Waals surface area contributed by atoms with E-state index in [1.54, 1.807) is 0 Å². The number of hydrogen-bond acceptors (Lipinski definition) is 3. The second kappa shape index (κ2) is 3.89. The molecule has 0 heterocycles. The molecule has 0 fully saturated rings. The van der Waals surface area contributed by atoms with Crippen LogP contribution in [0.2, 0.25) is 0 Å². The molecule has 14 heavy (non-hydrogen) atoms. The fourth-order valence-electron chi connectivity index (χ4n) is 1.02.